The molecule has 22 heavy (non-hydrogen) atoms. The third kappa shape index (κ3) is 3.81. The van der Waals surface area contributed by atoms with Crippen LogP contribution in [0.3, 0.4) is 0 Å². The van der Waals surface area contributed by atoms with E-state index < -0.39 is 34.7 Å². The van der Waals surface area contributed by atoms with Gasteiger partial charge in [0.1, 0.15) is 5.57 Å². The number of rotatable bonds is 6. The van der Waals surface area contributed by atoms with Crippen molar-refractivity contribution in [1.82, 2.24) is 4.90 Å². The van der Waals surface area contributed by atoms with E-state index in [2.05, 4.69) is 4.74 Å². The lowest BCUT2D eigenvalue weighted by Gasteiger charge is -2.12. The van der Waals surface area contributed by atoms with Crippen molar-refractivity contribution in [2.45, 2.75) is 6.92 Å². The number of Topliss-reactive ketones (excluding diaryl/α,β-unsaturated/α-hetero) is 1. The number of benzene rings is 1. The van der Waals surface area contributed by atoms with E-state index in [4.69, 9.17) is 4.74 Å². The molecule has 1 aromatic carbocycles. The average molecular weight is 313 g/mol. The second kappa shape index (κ2) is 7.53. The average Bonchev–Trinajstić information content (AvgIpc) is 2.44. The molecule has 7 heteroatoms. The predicted molar refractivity (Wildman–Crippen MR) is 75.6 cm³/mol. The van der Waals surface area contributed by atoms with Gasteiger partial charge in [-0.05, 0) is 19.1 Å². The fourth-order valence-electron chi connectivity index (χ4n) is 1.71. The van der Waals surface area contributed by atoms with Crippen LogP contribution in [0.1, 0.15) is 17.3 Å². The number of carbonyl (C=O) groups is 2. The lowest BCUT2D eigenvalue weighted by molar-refractivity contribution is -0.138. The molecular weight excluding hydrogens is 296 g/mol. The van der Waals surface area contributed by atoms with E-state index in [9.17, 15) is 18.4 Å². The highest BCUT2D eigenvalue weighted by Crippen LogP contribution is 2.26. The van der Waals surface area contributed by atoms with Crippen LogP contribution in [0.25, 0.3) is 0 Å². The van der Waals surface area contributed by atoms with Gasteiger partial charge in [0.25, 0.3) is 0 Å². The molecular formula is C15H17F2NO4. The molecule has 0 aromatic heterocycles. The van der Waals surface area contributed by atoms with E-state index >= 15 is 0 Å². The number of halogens is 2. The number of ether oxygens (including phenoxy) is 2. The Labute approximate surface area is 127 Å². The molecule has 0 aliphatic carbocycles. The minimum absolute atomic E-state index is 0.0616. The van der Waals surface area contributed by atoms with Crippen LogP contribution in [0.15, 0.2) is 23.9 Å². The van der Waals surface area contributed by atoms with Gasteiger partial charge in [-0.25, -0.2) is 13.6 Å². The molecule has 0 fully saturated rings. The van der Waals surface area contributed by atoms with Crippen LogP contribution in [-0.2, 0) is 9.53 Å². The highest BCUT2D eigenvalue weighted by molar-refractivity contribution is 6.24. The van der Waals surface area contributed by atoms with Gasteiger partial charge in [-0.1, -0.05) is 0 Å². The standard InChI is InChI=1S/C15H17F2NO4/c1-5-22-15(20)10(8-18(2)3)13(19)9-6-7-11(16)14(21-4)12(9)17/h6-8H,5H2,1-4H3. The molecule has 0 N–H and O–H groups in total. The van der Waals surface area contributed by atoms with Gasteiger partial charge < -0.3 is 14.4 Å². The Morgan fingerprint density at radius 3 is 2.41 bits per heavy atom. The summed E-state index contributed by atoms with van der Waals surface area (Å²) in [5, 5.41) is 0. The first-order valence-corrected chi connectivity index (χ1v) is 6.45. The molecule has 0 saturated heterocycles. The molecule has 0 unspecified atom stereocenters. The Bertz CT molecular complexity index is 612. The number of methoxy groups -OCH3 is 1. The highest BCUT2D eigenvalue weighted by atomic mass is 19.1. The number of nitrogens with zero attached hydrogens (tertiary/aromatic N) is 1. The van der Waals surface area contributed by atoms with Crippen molar-refractivity contribution in [2.24, 2.45) is 0 Å². The van der Waals surface area contributed by atoms with Gasteiger partial charge in [0, 0.05) is 20.3 Å². The van der Waals surface area contributed by atoms with E-state index in [-0.39, 0.29) is 12.2 Å². The fourth-order valence-corrected chi connectivity index (χ4v) is 1.71. The molecule has 0 radical (unpaired) electrons. The molecule has 0 bridgehead atoms. The molecule has 0 aliphatic rings. The van der Waals surface area contributed by atoms with Gasteiger partial charge in [0.15, 0.2) is 17.4 Å². The normalized spacial score (nSPS) is 11.1. The quantitative estimate of drug-likeness (QED) is 0.265. The molecule has 0 spiro atoms. The van der Waals surface area contributed by atoms with Gasteiger partial charge in [-0.3, -0.25) is 4.79 Å². The topological polar surface area (TPSA) is 55.8 Å². The number of carbonyl (C=O) groups excluding carboxylic acids is 2. The second-order valence-electron chi connectivity index (χ2n) is 4.50. The first-order chi connectivity index (χ1) is 10.3. The lowest BCUT2D eigenvalue weighted by atomic mass is 10.0. The molecule has 1 rings (SSSR count). The summed E-state index contributed by atoms with van der Waals surface area (Å²) in [4.78, 5) is 25.7. The highest BCUT2D eigenvalue weighted by Gasteiger charge is 2.26. The number of hydrogen-bond acceptors (Lipinski definition) is 5. The predicted octanol–water partition coefficient (Wildman–Crippen LogP) is 2.16. The summed E-state index contributed by atoms with van der Waals surface area (Å²) in [5.74, 6) is -4.59. The van der Waals surface area contributed by atoms with Crippen LogP contribution in [0.5, 0.6) is 5.75 Å². The van der Waals surface area contributed by atoms with Gasteiger partial charge in [-0.15, -0.1) is 0 Å². The van der Waals surface area contributed by atoms with Crippen LogP contribution in [-0.4, -0.2) is 44.5 Å². The summed E-state index contributed by atoms with van der Waals surface area (Å²) in [6, 6.07) is 1.85. The Hall–Kier alpha value is -2.44. The Morgan fingerprint density at radius 1 is 1.27 bits per heavy atom. The Morgan fingerprint density at radius 2 is 1.91 bits per heavy atom. The van der Waals surface area contributed by atoms with Crippen LogP contribution in [0.2, 0.25) is 0 Å². The van der Waals surface area contributed by atoms with E-state index in [1.807, 2.05) is 0 Å². The maximum atomic E-state index is 14.2. The largest absolute Gasteiger partial charge is 0.491 e. The zero-order valence-corrected chi connectivity index (χ0v) is 12.8. The number of hydrogen-bond donors (Lipinski definition) is 0. The molecule has 0 heterocycles. The summed E-state index contributed by atoms with van der Waals surface area (Å²) in [6.45, 7) is 1.64. The molecule has 0 aliphatic heterocycles. The SMILES string of the molecule is CCOC(=O)C(=CN(C)C)C(=O)c1ccc(F)c(OC)c1F. The Balaban J connectivity index is 3.35. The fraction of sp³-hybridized carbons (Fsp3) is 0.333. The summed E-state index contributed by atoms with van der Waals surface area (Å²) < 4.78 is 36.9. The molecule has 1 aromatic rings. The summed E-state index contributed by atoms with van der Waals surface area (Å²) in [7, 11) is 4.26. The molecule has 0 amide bonds. The summed E-state index contributed by atoms with van der Waals surface area (Å²) in [5.41, 5.74) is -0.834. The minimum Gasteiger partial charge on any atom is -0.491 e. The van der Waals surface area contributed by atoms with E-state index in [0.717, 1.165) is 19.2 Å². The maximum Gasteiger partial charge on any atom is 0.343 e. The van der Waals surface area contributed by atoms with Crippen molar-refractivity contribution in [2.75, 3.05) is 27.8 Å². The molecule has 0 saturated carbocycles. The van der Waals surface area contributed by atoms with Gasteiger partial charge in [0.2, 0.25) is 5.78 Å². The number of esters is 1. The lowest BCUT2D eigenvalue weighted by Crippen LogP contribution is -2.20. The van der Waals surface area contributed by atoms with E-state index in [0.29, 0.717) is 0 Å². The Kier molecular flexibility index (Phi) is 6.03. The van der Waals surface area contributed by atoms with Crippen LogP contribution in [0.4, 0.5) is 8.78 Å². The minimum atomic E-state index is -1.17. The molecule has 5 nitrogen and oxygen atoms in total. The molecule has 0 atom stereocenters. The molecule has 120 valence electrons. The first-order valence-electron chi connectivity index (χ1n) is 6.45. The number of ketones is 1. The van der Waals surface area contributed by atoms with Crippen molar-refractivity contribution in [3.8, 4) is 5.75 Å². The third-order valence-corrected chi connectivity index (χ3v) is 2.63. The summed E-state index contributed by atoms with van der Waals surface area (Å²) >= 11 is 0. The van der Waals surface area contributed by atoms with Crippen LogP contribution < -0.4 is 4.74 Å². The smallest absolute Gasteiger partial charge is 0.343 e. The van der Waals surface area contributed by atoms with Crippen LogP contribution in [0, 0.1) is 11.6 Å². The van der Waals surface area contributed by atoms with Crippen molar-refractivity contribution >= 4 is 11.8 Å². The van der Waals surface area contributed by atoms with Crippen molar-refractivity contribution < 1.29 is 27.8 Å². The second-order valence-corrected chi connectivity index (χ2v) is 4.50. The maximum absolute atomic E-state index is 14.2. The van der Waals surface area contributed by atoms with Crippen molar-refractivity contribution in [3.05, 3.63) is 41.1 Å². The van der Waals surface area contributed by atoms with Crippen LogP contribution >= 0.6 is 0 Å². The zero-order chi connectivity index (χ0) is 16.9. The zero-order valence-electron chi connectivity index (χ0n) is 12.8. The third-order valence-electron chi connectivity index (χ3n) is 2.63. The van der Waals surface area contributed by atoms with Gasteiger partial charge >= 0.3 is 5.97 Å². The van der Waals surface area contributed by atoms with Crippen molar-refractivity contribution in [1.29, 1.82) is 0 Å². The van der Waals surface area contributed by atoms with E-state index in [1.54, 1.807) is 21.0 Å². The van der Waals surface area contributed by atoms with Gasteiger partial charge in [-0.2, -0.15) is 0 Å². The summed E-state index contributed by atoms with van der Waals surface area (Å²) in [6.07, 6.45) is 1.22. The first kappa shape index (κ1) is 17.6. The van der Waals surface area contributed by atoms with Crippen molar-refractivity contribution in [3.63, 3.8) is 0 Å². The van der Waals surface area contributed by atoms with E-state index in [1.165, 1.54) is 11.1 Å². The monoisotopic (exact) mass is 313 g/mol. The van der Waals surface area contributed by atoms with Gasteiger partial charge in [0.05, 0.1) is 19.3 Å².